The summed E-state index contributed by atoms with van der Waals surface area (Å²) < 4.78 is 25.9. The van der Waals surface area contributed by atoms with Crippen LogP contribution in [0.25, 0.3) is 0 Å². The maximum absolute atomic E-state index is 13.6. The summed E-state index contributed by atoms with van der Waals surface area (Å²) in [5.41, 5.74) is 1.30. The van der Waals surface area contributed by atoms with Crippen LogP contribution in [0.3, 0.4) is 0 Å². The predicted octanol–water partition coefficient (Wildman–Crippen LogP) is 3.94. The van der Waals surface area contributed by atoms with Crippen LogP contribution in [0.1, 0.15) is 48.0 Å². The molecule has 226 valence electrons. The Bertz CT molecular complexity index is 1280. The first kappa shape index (κ1) is 33.2. The van der Waals surface area contributed by atoms with E-state index >= 15 is 0 Å². The average molecular weight is 695 g/mol. The molecule has 3 rings (SSSR count). The van der Waals surface area contributed by atoms with Crippen molar-refractivity contribution in [3.63, 3.8) is 0 Å². The van der Waals surface area contributed by atoms with Gasteiger partial charge < -0.3 is 29.9 Å². The van der Waals surface area contributed by atoms with Gasteiger partial charge in [-0.1, -0.05) is 18.2 Å². The Morgan fingerprint density at radius 3 is 2.62 bits per heavy atom. The first-order chi connectivity index (χ1) is 20.2. The van der Waals surface area contributed by atoms with Gasteiger partial charge in [0, 0.05) is 37.1 Å². The number of carbonyl (C=O) groups is 3. The number of allylic oxidation sites excluding steroid dienone is 1. The molecule has 0 aromatic heterocycles. The lowest BCUT2D eigenvalue weighted by Gasteiger charge is -2.41. The molecular weight excluding hydrogens is 658 g/mol. The number of carbonyl (C=O) groups excluding carboxylic acids is 3. The number of hydrogen-bond acceptors (Lipinski definition) is 7. The van der Waals surface area contributed by atoms with Crippen molar-refractivity contribution in [2.24, 2.45) is 0 Å². The fraction of sp³-hybridized carbons (Fsp3) is 0.387. The van der Waals surface area contributed by atoms with Crippen molar-refractivity contribution in [2.45, 2.75) is 56.9 Å². The Morgan fingerprint density at radius 1 is 1.24 bits per heavy atom. The monoisotopic (exact) mass is 694 g/mol. The molecule has 0 radical (unpaired) electrons. The molecule has 3 N–H and O–H groups in total. The van der Waals surface area contributed by atoms with Crippen molar-refractivity contribution >= 4 is 40.7 Å². The minimum atomic E-state index is -1.26. The number of aliphatic hydroxyl groups excluding tert-OH is 2. The first-order valence-electron chi connectivity index (χ1n) is 13.6. The number of aldehydes is 1. The van der Waals surface area contributed by atoms with Crippen molar-refractivity contribution < 1.29 is 38.5 Å². The molecule has 9 nitrogen and oxygen atoms in total. The van der Waals surface area contributed by atoms with Gasteiger partial charge in [0.2, 0.25) is 11.8 Å². The fourth-order valence-corrected chi connectivity index (χ4v) is 5.48. The summed E-state index contributed by atoms with van der Waals surface area (Å²) in [6.45, 7) is 3.56. The van der Waals surface area contributed by atoms with Gasteiger partial charge in [-0.2, -0.15) is 0 Å². The van der Waals surface area contributed by atoms with Crippen molar-refractivity contribution in [1.29, 1.82) is 0 Å². The zero-order valence-electron chi connectivity index (χ0n) is 23.4. The van der Waals surface area contributed by atoms with Crippen LogP contribution in [0.5, 0.6) is 11.5 Å². The minimum absolute atomic E-state index is 0.0231. The van der Waals surface area contributed by atoms with E-state index in [1.54, 1.807) is 24.3 Å². The molecule has 0 spiro atoms. The molecule has 11 heteroatoms. The number of unbranched alkanes of at least 4 members (excludes halogenated alkanes) is 2. The van der Waals surface area contributed by atoms with Crippen molar-refractivity contribution in [3.8, 4) is 11.5 Å². The normalized spacial score (nSPS) is 18.0. The fourth-order valence-electron chi connectivity index (χ4n) is 4.72. The molecule has 1 aliphatic carbocycles. The highest BCUT2D eigenvalue weighted by atomic mass is 127. The Kier molecular flexibility index (Phi) is 12.9. The molecule has 0 bridgehead atoms. The van der Waals surface area contributed by atoms with Gasteiger partial charge in [0.1, 0.15) is 24.3 Å². The molecule has 0 heterocycles. The highest BCUT2D eigenvalue weighted by molar-refractivity contribution is 14.1. The van der Waals surface area contributed by atoms with Crippen LogP contribution in [0.2, 0.25) is 0 Å². The van der Waals surface area contributed by atoms with Crippen LogP contribution in [0, 0.1) is 9.39 Å². The molecule has 0 saturated heterocycles. The van der Waals surface area contributed by atoms with E-state index in [-0.39, 0.29) is 55.5 Å². The zero-order chi connectivity index (χ0) is 30.6. The van der Waals surface area contributed by atoms with Crippen molar-refractivity contribution in [2.75, 3.05) is 20.3 Å². The molecule has 2 amide bonds. The molecule has 42 heavy (non-hydrogen) atoms. The number of amides is 2. The largest absolute Gasteiger partial charge is 0.493 e. The predicted molar refractivity (Wildman–Crippen MR) is 164 cm³/mol. The number of ether oxygens (including phenoxy) is 2. The molecule has 1 aliphatic rings. The number of nitrogens with zero attached hydrogens (tertiary/aromatic N) is 1. The number of methoxy groups -OCH3 is 1. The van der Waals surface area contributed by atoms with Crippen LogP contribution in [-0.4, -0.2) is 71.7 Å². The van der Waals surface area contributed by atoms with Crippen LogP contribution in [-0.2, 0) is 16.1 Å². The summed E-state index contributed by atoms with van der Waals surface area (Å²) >= 11 is 1.99. The van der Waals surface area contributed by atoms with Crippen LogP contribution >= 0.6 is 22.6 Å². The van der Waals surface area contributed by atoms with Gasteiger partial charge in [0.05, 0.1) is 23.3 Å². The highest BCUT2D eigenvalue weighted by Gasteiger charge is 2.41. The summed E-state index contributed by atoms with van der Waals surface area (Å²) in [4.78, 5) is 39.6. The molecule has 2 aromatic carbocycles. The molecule has 2 aromatic rings. The van der Waals surface area contributed by atoms with E-state index in [1.807, 2.05) is 22.6 Å². The van der Waals surface area contributed by atoms with E-state index < -0.39 is 30.0 Å². The summed E-state index contributed by atoms with van der Waals surface area (Å²) in [5.74, 6) is -0.583. The SMILES string of the molecule is C=CCCCCC(=O)N(Cc1ccc(F)cc1)[C@@H]1CC(C(=O)NCCO)=C[C@H](Oc2c(I)cc(C=O)cc2OC)[C@H]1O. The summed E-state index contributed by atoms with van der Waals surface area (Å²) in [5, 5.41) is 23.5. The quantitative estimate of drug-likeness (QED) is 0.112. The van der Waals surface area contributed by atoms with E-state index in [2.05, 4.69) is 11.9 Å². The zero-order valence-corrected chi connectivity index (χ0v) is 25.6. The third-order valence-corrected chi connectivity index (χ3v) is 7.69. The van der Waals surface area contributed by atoms with Gasteiger partial charge in [-0.05, 0) is 77.8 Å². The number of benzene rings is 2. The van der Waals surface area contributed by atoms with Crippen molar-refractivity contribution in [3.05, 3.63) is 81.2 Å². The van der Waals surface area contributed by atoms with E-state index in [4.69, 9.17) is 9.47 Å². The second kappa shape index (κ2) is 16.4. The van der Waals surface area contributed by atoms with E-state index in [0.717, 1.165) is 12.8 Å². The number of halogens is 2. The Balaban J connectivity index is 2.01. The molecule has 0 unspecified atom stereocenters. The van der Waals surface area contributed by atoms with Gasteiger partial charge in [0.15, 0.2) is 11.5 Å². The minimum Gasteiger partial charge on any atom is -0.493 e. The number of aliphatic hydroxyl groups is 2. The third-order valence-electron chi connectivity index (χ3n) is 6.89. The Hall–Kier alpha value is -3.29. The Morgan fingerprint density at radius 2 is 1.98 bits per heavy atom. The molecular formula is C31H36FIN2O7. The van der Waals surface area contributed by atoms with Gasteiger partial charge in [-0.15, -0.1) is 6.58 Å². The number of hydrogen-bond donors (Lipinski definition) is 3. The van der Waals surface area contributed by atoms with Gasteiger partial charge in [-0.25, -0.2) is 4.39 Å². The lowest BCUT2D eigenvalue weighted by Crippen LogP contribution is -2.54. The molecule has 0 fully saturated rings. The number of rotatable bonds is 15. The van der Waals surface area contributed by atoms with Crippen LogP contribution < -0.4 is 14.8 Å². The lowest BCUT2D eigenvalue weighted by molar-refractivity contribution is -0.139. The highest BCUT2D eigenvalue weighted by Crippen LogP contribution is 2.37. The van der Waals surface area contributed by atoms with Gasteiger partial charge in [0.25, 0.3) is 0 Å². The van der Waals surface area contributed by atoms with E-state index in [0.29, 0.717) is 27.4 Å². The lowest BCUT2D eigenvalue weighted by atomic mass is 9.87. The van der Waals surface area contributed by atoms with Crippen molar-refractivity contribution in [1.82, 2.24) is 10.2 Å². The second-order valence-corrected chi connectivity index (χ2v) is 11.0. The van der Waals surface area contributed by atoms with E-state index in [9.17, 15) is 29.0 Å². The summed E-state index contributed by atoms with van der Waals surface area (Å²) in [6.07, 6.45) is 3.99. The third kappa shape index (κ3) is 8.85. The van der Waals surface area contributed by atoms with Gasteiger partial charge >= 0.3 is 0 Å². The first-order valence-corrected chi connectivity index (χ1v) is 14.7. The average Bonchev–Trinajstić information content (AvgIpc) is 2.99. The number of nitrogens with one attached hydrogen (secondary N) is 1. The topological polar surface area (TPSA) is 125 Å². The molecule has 3 atom stereocenters. The van der Waals surface area contributed by atoms with Gasteiger partial charge in [-0.3, -0.25) is 14.4 Å². The second-order valence-electron chi connectivity index (χ2n) is 9.85. The summed E-state index contributed by atoms with van der Waals surface area (Å²) in [6, 6.07) is 7.98. The molecule has 0 saturated carbocycles. The maximum Gasteiger partial charge on any atom is 0.247 e. The standard InChI is InChI=1S/C31H36FIN2O7/c1-3-4-5-6-7-28(38)35(18-20-8-10-23(32)11-9-20)25-16-22(31(40)34-12-13-36)17-26(29(25)39)42-30-24(33)14-21(19-37)15-27(30)41-2/h3,8-11,14-15,17,19,25-26,29,36,39H,1,4-7,12-13,16,18H2,2H3,(H,34,40)/t25-,26+,29+/m1/s1. The Labute approximate surface area is 258 Å². The van der Waals surface area contributed by atoms with E-state index in [1.165, 1.54) is 36.3 Å². The maximum atomic E-state index is 13.6. The van der Waals surface area contributed by atoms with Crippen LogP contribution in [0.15, 0.2) is 60.7 Å². The molecule has 0 aliphatic heterocycles. The summed E-state index contributed by atoms with van der Waals surface area (Å²) in [7, 11) is 1.42. The van der Waals surface area contributed by atoms with Crippen LogP contribution in [0.4, 0.5) is 4.39 Å². The smallest absolute Gasteiger partial charge is 0.247 e.